The highest BCUT2D eigenvalue weighted by molar-refractivity contribution is 6.30. The minimum Gasteiger partial charge on any atom is -0.385 e. The molecule has 1 aliphatic heterocycles. The van der Waals surface area contributed by atoms with Gasteiger partial charge in [0.1, 0.15) is 5.60 Å². The summed E-state index contributed by atoms with van der Waals surface area (Å²) in [5.74, 6) is 0. The highest BCUT2D eigenvalue weighted by atomic mass is 35.5. The quantitative estimate of drug-likeness (QED) is 0.714. The molecule has 1 aromatic carbocycles. The summed E-state index contributed by atoms with van der Waals surface area (Å²) in [6, 6.07) is 7.93. The minimum absolute atomic E-state index is 0.447. The van der Waals surface area contributed by atoms with Gasteiger partial charge in [-0.15, -0.1) is 0 Å². The van der Waals surface area contributed by atoms with E-state index >= 15 is 0 Å². The van der Waals surface area contributed by atoms with Crippen LogP contribution in [0, 0.1) is 0 Å². The Hall–Kier alpha value is -0.650. The molecule has 1 aliphatic rings. The van der Waals surface area contributed by atoms with Crippen LogP contribution in [0.1, 0.15) is 37.7 Å². The van der Waals surface area contributed by atoms with Crippen molar-refractivity contribution < 1.29 is 9.47 Å². The van der Waals surface area contributed by atoms with Gasteiger partial charge >= 0.3 is 0 Å². The molecule has 0 amide bonds. The van der Waals surface area contributed by atoms with E-state index in [4.69, 9.17) is 26.8 Å². The molecule has 23 heavy (non-hydrogen) atoms. The zero-order chi connectivity index (χ0) is 16.8. The molecule has 130 valence electrons. The fraction of sp³-hybridized carbons (Fsp3) is 0.667. The number of halogens is 1. The molecule has 1 heterocycles. The molecule has 1 saturated heterocycles. The number of unbranched alkanes of at least 4 members (excludes halogenated alkanes) is 1. The molecule has 0 saturated carbocycles. The second kappa shape index (κ2) is 8.45. The average Bonchev–Trinajstić information content (AvgIpc) is 2.56. The summed E-state index contributed by atoms with van der Waals surface area (Å²) >= 11 is 6.24. The van der Waals surface area contributed by atoms with Crippen molar-refractivity contribution in [2.45, 2.75) is 43.2 Å². The lowest BCUT2D eigenvalue weighted by atomic mass is 9.69. The molecule has 0 aromatic heterocycles. The van der Waals surface area contributed by atoms with E-state index in [1.807, 2.05) is 18.2 Å². The lowest BCUT2D eigenvalue weighted by molar-refractivity contribution is -0.0944. The van der Waals surface area contributed by atoms with E-state index in [1.165, 1.54) is 0 Å². The third-order valence-corrected chi connectivity index (χ3v) is 5.22. The Morgan fingerprint density at radius 1 is 1.35 bits per heavy atom. The molecule has 5 heteroatoms. The van der Waals surface area contributed by atoms with E-state index in [-0.39, 0.29) is 0 Å². The van der Waals surface area contributed by atoms with Gasteiger partial charge in [-0.2, -0.15) is 0 Å². The van der Waals surface area contributed by atoms with E-state index in [1.54, 1.807) is 14.2 Å². The fourth-order valence-corrected chi connectivity index (χ4v) is 3.93. The van der Waals surface area contributed by atoms with Crippen LogP contribution in [0.5, 0.6) is 0 Å². The first kappa shape index (κ1) is 18.7. The van der Waals surface area contributed by atoms with Gasteiger partial charge in [-0.25, -0.2) is 0 Å². The van der Waals surface area contributed by atoms with Gasteiger partial charge in [0.2, 0.25) is 0 Å². The highest BCUT2D eigenvalue weighted by Gasteiger charge is 2.50. The van der Waals surface area contributed by atoms with E-state index in [0.29, 0.717) is 5.02 Å². The lowest BCUT2D eigenvalue weighted by Crippen LogP contribution is -2.66. The first-order chi connectivity index (χ1) is 11.1. The maximum Gasteiger partial charge on any atom is 0.112 e. The van der Waals surface area contributed by atoms with Gasteiger partial charge in [0, 0.05) is 32.4 Å². The molecule has 2 atom stereocenters. The van der Waals surface area contributed by atoms with Crippen LogP contribution in [0.4, 0.5) is 0 Å². The first-order valence-corrected chi connectivity index (χ1v) is 8.75. The zero-order valence-electron chi connectivity index (χ0n) is 14.2. The summed E-state index contributed by atoms with van der Waals surface area (Å²) in [7, 11) is 3.50. The summed E-state index contributed by atoms with van der Waals surface area (Å²) in [6.07, 6.45) is 4.83. The molecular weight excluding hydrogens is 312 g/mol. The number of benzene rings is 1. The second-order valence-electron chi connectivity index (χ2n) is 6.43. The Morgan fingerprint density at radius 3 is 2.78 bits per heavy atom. The number of nitrogens with one attached hydrogen (secondary N) is 1. The maximum absolute atomic E-state index is 6.88. The van der Waals surface area contributed by atoms with E-state index in [0.717, 1.165) is 57.4 Å². The Bertz CT molecular complexity index is 492. The molecule has 0 spiro atoms. The molecule has 1 aromatic rings. The van der Waals surface area contributed by atoms with Crippen LogP contribution in [0.2, 0.25) is 5.02 Å². The van der Waals surface area contributed by atoms with Gasteiger partial charge in [0.05, 0.1) is 5.54 Å². The summed E-state index contributed by atoms with van der Waals surface area (Å²) in [5.41, 5.74) is 6.96. The van der Waals surface area contributed by atoms with Gasteiger partial charge < -0.3 is 20.5 Å². The van der Waals surface area contributed by atoms with Gasteiger partial charge in [-0.3, -0.25) is 0 Å². The van der Waals surface area contributed by atoms with Gasteiger partial charge in [0.15, 0.2) is 0 Å². The van der Waals surface area contributed by atoms with Crippen LogP contribution < -0.4 is 11.1 Å². The third-order valence-electron chi connectivity index (χ3n) is 4.99. The number of hydrogen-bond acceptors (Lipinski definition) is 4. The van der Waals surface area contributed by atoms with Crippen molar-refractivity contribution in [1.29, 1.82) is 0 Å². The molecular formula is C18H29ClN2O2. The molecule has 2 unspecified atom stereocenters. The van der Waals surface area contributed by atoms with Gasteiger partial charge in [-0.05, 0) is 56.3 Å². The van der Waals surface area contributed by atoms with Crippen molar-refractivity contribution in [1.82, 2.24) is 5.32 Å². The Balaban J connectivity index is 2.35. The average molecular weight is 341 g/mol. The Labute approximate surface area is 144 Å². The third kappa shape index (κ3) is 4.06. The SMILES string of the molecule is COCCCCC(OC)(c1cccc(Cl)c1)C1(N)CCCNC1. The second-order valence-corrected chi connectivity index (χ2v) is 6.86. The number of nitrogens with two attached hydrogens (primary N) is 1. The summed E-state index contributed by atoms with van der Waals surface area (Å²) in [6.45, 7) is 2.51. The molecule has 0 bridgehead atoms. The predicted molar refractivity (Wildman–Crippen MR) is 94.9 cm³/mol. The lowest BCUT2D eigenvalue weighted by Gasteiger charge is -2.50. The van der Waals surface area contributed by atoms with Crippen molar-refractivity contribution in [2.75, 3.05) is 33.9 Å². The summed E-state index contributed by atoms with van der Waals surface area (Å²) in [5, 5.41) is 4.15. The number of methoxy groups -OCH3 is 2. The largest absolute Gasteiger partial charge is 0.385 e. The van der Waals surface area contributed by atoms with Crippen LogP contribution >= 0.6 is 11.6 Å². The zero-order valence-corrected chi connectivity index (χ0v) is 15.0. The molecule has 3 N–H and O–H groups in total. The standard InChI is InChI=1S/C18H29ClN2O2/c1-22-12-4-3-10-18(23-2,15-7-5-8-16(19)13-15)17(20)9-6-11-21-14-17/h5,7-8,13,21H,3-4,6,9-12,14,20H2,1-2H3. The Morgan fingerprint density at radius 2 is 2.17 bits per heavy atom. The summed E-state index contributed by atoms with van der Waals surface area (Å²) < 4.78 is 11.3. The van der Waals surface area contributed by atoms with Gasteiger partial charge in [-0.1, -0.05) is 23.7 Å². The summed E-state index contributed by atoms with van der Waals surface area (Å²) in [4.78, 5) is 0. The van der Waals surface area contributed by atoms with E-state index < -0.39 is 11.1 Å². The number of hydrogen-bond donors (Lipinski definition) is 2. The Kier molecular flexibility index (Phi) is 6.86. The fourth-order valence-electron chi connectivity index (χ4n) is 3.74. The van der Waals surface area contributed by atoms with Crippen molar-refractivity contribution in [3.8, 4) is 0 Å². The van der Waals surface area contributed by atoms with E-state index in [2.05, 4.69) is 11.4 Å². The number of rotatable bonds is 8. The van der Waals surface area contributed by atoms with Crippen LogP contribution in [0.3, 0.4) is 0 Å². The topological polar surface area (TPSA) is 56.5 Å². The van der Waals surface area contributed by atoms with Crippen LogP contribution in [0.15, 0.2) is 24.3 Å². The van der Waals surface area contributed by atoms with Crippen LogP contribution in [0.25, 0.3) is 0 Å². The molecule has 0 aliphatic carbocycles. The molecule has 0 radical (unpaired) electrons. The highest BCUT2D eigenvalue weighted by Crippen LogP contribution is 2.43. The van der Waals surface area contributed by atoms with Crippen LogP contribution in [-0.2, 0) is 15.1 Å². The number of piperidine rings is 1. The molecule has 4 nitrogen and oxygen atoms in total. The predicted octanol–water partition coefficient (Wildman–Crippen LogP) is 3.08. The minimum atomic E-state index is -0.543. The monoisotopic (exact) mass is 340 g/mol. The normalized spacial score (nSPS) is 24.3. The van der Waals surface area contributed by atoms with Crippen molar-refractivity contribution in [3.05, 3.63) is 34.9 Å². The molecule has 2 rings (SSSR count). The van der Waals surface area contributed by atoms with Crippen molar-refractivity contribution >= 4 is 11.6 Å². The van der Waals surface area contributed by atoms with Crippen LogP contribution in [-0.4, -0.2) is 39.5 Å². The van der Waals surface area contributed by atoms with Crippen molar-refractivity contribution in [3.63, 3.8) is 0 Å². The maximum atomic E-state index is 6.88. The molecule has 1 fully saturated rings. The first-order valence-electron chi connectivity index (χ1n) is 8.38. The van der Waals surface area contributed by atoms with Gasteiger partial charge in [0.25, 0.3) is 0 Å². The smallest absolute Gasteiger partial charge is 0.112 e. The number of ether oxygens (including phenoxy) is 2. The van der Waals surface area contributed by atoms with Crippen molar-refractivity contribution in [2.24, 2.45) is 5.73 Å². The van der Waals surface area contributed by atoms with E-state index in [9.17, 15) is 0 Å².